The van der Waals surface area contributed by atoms with E-state index < -0.39 is 5.97 Å². The van der Waals surface area contributed by atoms with E-state index in [1.807, 2.05) is 6.07 Å². The van der Waals surface area contributed by atoms with Crippen LogP contribution in [0.25, 0.3) is 0 Å². The number of hydrogen-bond donors (Lipinski definition) is 0. The SMILES string of the molecule is CCOC(=O)CN(C(=O)Cn1cnc(C#N)n1)c1ccccc1. The van der Waals surface area contributed by atoms with Gasteiger partial charge in [0.15, 0.2) is 0 Å². The second-order valence-electron chi connectivity index (χ2n) is 4.50. The zero-order valence-corrected chi connectivity index (χ0v) is 12.5. The number of esters is 1. The van der Waals surface area contributed by atoms with Gasteiger partial charge in [-0.05, 0) is 19.1 Å². The lowest BCUT2D eigenvalue weighted by Gasteiger charge is -2.21. The summed E-state index contributed by atoms with van der Waals surface area (Å²) in [6.45, 7) is 1.61. The monoisotopic (exact) mass is 313 g/mol. The molecule has 8 heteroatoms. The van der Waals surface area contributed by atoms with Crippen LogP contribution in [-0.2, 0) is 20.9 Å². The van der Waals surface area contributed by atoms with Gasteiger partial charge < -0.3 is 4.74 Å². The highest BCUT2D eigenvalue weighted by atomic mass is 16.5. The molecule has 0 aliphatic rings. The molecule has 0 bridgehead atoms. The first-order valence-corrected chi connectivity index (χ1v) is 6.94. The number of ether oxygens (including phenoxy) is 1. The first-order valence-electron chi connectivity index (χ1n) is 6.94. The number of aromatic nitrogens is 3. The van der Waals surface area contributed by atoms with Gasteiger partial charge in [-0.1, -0.05) is 18.2 Å². The largest absolute Gasteiger partial charge is 0.465 e. The molecule has 118 valence electrons. The summed E-state index contributed by atoms with van der Waals surface area (Å²) >= 11 is 0. The third-order valence-corrected chi connectivity index (χ3v) is 2.90. The molecular weight excluding hydrogens is 298 g/mol. The van der Waals surface area contributed by atoms with E-state index >= 15 is 0 Å². The lowest BCUT2D eigenvalue weighted by atomic mass is 10.2. The standard InChI is InChI=1S/C15H15N5O3/c1-2-23-15(22)10-20(12-6-4-3-5-7-12)14(21)9-19-11-17-13(8-16)18-19/h3-7,11H,2,9-10H2,1H3. The van der Waals surface area contributed by atoms with Gasteiger partial charge in [-0.2, -0.15) is 5.26 Å². The number of carbonyl (C=O) groups is 2. The van der Waals surface area contributed by atoms with E-state index in [-0.39, 0.29) is 31.4 Å². The molecule has 0 saturated heterocycles. The Hall–Kier alpha value is -3.21. The van der Waals surface area contributed by atoms with Crippen molar-refractivity contribution in [3.8, 4) is 6.07 Å². The smallest absolute Gasteiger partial charge is 0.326 e. The molecule has 0 aliphatic carbocycles. The molecule has 0 atom stereocenters. The predicted octanol–water partition coefficient (Wildman–Crippen LogP) is 0.746. The lowest BCUT2D eigenvalue weighted by molar-refractivity contribution is -0.142. The average Bonchev–Trinajstić information content (AvgIpc) is 3.01. The van der Waals surface area contributed by atoms with Crippen LogP contribution in [0.3, 0.4) is 0 Å². The number of anilines is 1. The lowest BCUT2D eigenvalue weighted by Crippen LogP contribution is -2.38. The van der Waals surface area contributed by atoms with Crippen LogP contribution in [-0.4, -0.2) is 39.8 Å². The molecule has 0 spiro atoms. The number of amides is 1. The fourth-order valence-electron chi connectivity index (χ4n) is 1.91. The van der Waals surface area contributed by atoms with E-state index in [9.17, 15) is 9.59 Å². The second-order valence-corrected chi connectivity index (χ2v) is 4.50. The van der Waals surface area contributed by atoms with Crippen LogP contribution < -0.4 is 4.90 Å². The molecule has 0 fully saturated rings. The van der Waals surface area contributed by atoms with Crippen molar-refractivity contribution < 1.29 is 14.3 Å². The predicted molar refractivity (Wildman–Crippen MR) is 80.2 cm³/mol. The van der Waals surface area contributed by atoms with Gasteiger partial charge in [-0.25, -0.2) is 9.67 Å². The summed E-state index contributed by atoms with van der Waals surface area (Å²) in [7, 11) is 0. The normalized spacial score (nSPS) is 9.91. The number of rotatable bonds is 6. The Kier molecular flexibility index (Phi) is 5.41. The molecule has 2 rings (SSSR count). The molecule has 0 saturated carbocycles. The summed E-state index contributed by atoms with van der Waals surface area (Å²) in [4.78, 5) is 29.3. The summed E-state index contributed by atoms with van der Waals surface area (Å²) < 4.78 is 6.16. The average molecular weight is 313 g/mol. The Morgan fingerprint density at radius 1 is 1.35 bits per heavy atom. The Bertz CT molecular complexity index is 720. The van der Waals surface area contributed by atoms with Gasteiger partial charge in [-0.15, -0.1) is 5.10 Å². The number of carbonyl (C=O) groups excluding carboxylic acids is 2. The summed E-state index contributed by atoms with van der Waals surface area (Å²) in [6.07, 6.45) is 1.30. The minimum Gasteiger partial charge on any atom is -0.465 e. The molecule has 23 heavy (non-hydrogen) atoms. The summed E-state index contributed by atoms with van der Waals surface area (Å²) in [5.74, 6) is -0.880. The van der Waals surface area contributed by atoms with E-state index in [2.05, 4.69) is 10.1 Å². The summed E-state index contributed by atoms with van der Waals surface area (Å²) in [5, 5.41) is 12.5. The molecule has 0 aliphatic heterocycles. The van der Waals surface area contributed by atoms with Crippen LogP contribution in [0.1, 0.15) is 12.7 Å². The highest BCUT2D eigenvalue weighted by Crippen LogP contribution is 2.14. The molecule has 0 N–H and O–H groups in total. The van der Waals surface area contributed by atoms with Crippen LogP contribution in [0.2, 0.25) is 0 Å². The van der Waals surface area contributed by atoms with Gasteiger partial charge in [0.05, 0.1) is 6.61 Å². The minimum absolute atomic E-state index is 0.0190. The molecule has 1 heterocycles. The van der Waals surface area contributed by atoms with Gasteiger partial charge in [-0.3, -0.25) is 14.5 Å². The quantitative estimate of drug-likeness (QED) is 0.729. The van der Waals surface area contributed by atoms with E-state index in [0.29, 0.717) is 5.69 Å². The van der Waals surface area contributed by atoms with Gasteiger partial charge >= 0.3 is 5.97 Å². The highest BCUT2D eigenvalue weighted by Gasteiger charge is 2.20. The fraction of sp³-hybridized carbons (Fsp3) is 0.267. The van der Waals surface area contributed by atoms with Crippen LogP contribution in [0, 0.1) is 11.3 Å². The van der Waals surface area contributed by atoms with Gasteiger partial charge in [0, 0.05) is 5.69 Å². The van der Waals surface area contributed by atoms with E-state index in [0.717, 1.165) is 0 Å². The number of nitriles is 1. The number of benzene rings is 1. The maximum atomic E-state index is 12.5. The molecule has 0 radical (unpaired) electrons. The van der Waals surface area contributed by atoms with Crippen molar-refractivity contribution in [1.82, 2.24) is 14.8 Å². The van der Waals surface area contributed by atoms with Gasteiger partial charge in [0.25, 0.3) is 5.82 Å². The van der Waals surface area contributed by atoms with E-state index in [1.165, 1.54) is 15.9 Å². The molecule has 1 amide bonds. The highest BCUT2D eigenvalue weighted by molar-refractivity contribution is 5.97. The zero-order chi connectivity index (χ0) is 16.7. The van der Waals surface area contributed by atoms with Crippen molar-refractivity contribution >= 4 is 17.6 Å². The molecule has 2 aromatic rings. The number of nitrogens with zero attached hydrogens (tertiary/aromatic N) is 5. The molecule has 1 aromatic carbocycles. The number of hydrogen-bond acceptors (Lipinski definition) is 6. The van der Waals surface area contributed by atoms with Crippen LogP contribution >= 0.6 is 0 Å². The molecular formula is C15H15N5O3. The molecule has 1 aromatic heterocycles. The topological polar surface area (TPSA) is 101 Å². The summed E-state index contributed by atoms with van der Waals surface area (Å²) in [5.41, 5.74) is 0.575. The van der Waals surface area contributed by atoms with Crippen LogP contribution in [0.5, 0.6) is 0 Å². The van der Waals surface area contributed by atoms with Crippen LogP contribution in [0.4, 0.5) is 5.69 Å². The van der Waals surface area contributed by atoms with E-state index in [1.54, 1.807) is 37.3 Å². The molecule has 0 unspecified atom stereocenters. The Labute approximate surface area is 132 Å². The van der Waals surface area contributed by atoms with Gasteiger partial charge in [0.2, 0.25) is 5.91 Å². The Morgan fingerprint density at radius 3 is 2.70 bits per heavy atom. The van der Waals surface area contributed by atoms with Crippen molar-refractivity contribution in [3.05, 3.63) is 42.5 Å². The summed E-state index contributed by atoms with van der Waals surface area (Å²) in [6, 6.07) is 10.6. The molecule has 8 nitrogen and oxygen atoms in total. The first-order chi connectivity index (χ1) is 11.1. The van der Waals surface area contributed by atoms with Crippen molar-refractivity contribution in [3.63, 3.8) is 0 Å². The first kappa shape index (κ1) is 16.2. The van der Waals surface area contributed by atoms with Crippen molar-refractivity contribution in [1.29, 1.82) is 5.26 Å². The van der Waals surface area contributed by atoms with Crippen molar-refractivity contribution in [2.75, 3.05) is 18.1 Å². The van der Waals surface area contributed by atoms with Crippen molar-refractivity contribution in [2.24, 2.45) is 0 Å². The third-order valence-electron chi connectivity index (χ3n) is 2.90. The Balaban J connectivity index is 2.17. The zero-order valence-electron chi connectivity index (χ0n) is 12.5. The fourth-order valence-corrected chi connectivity index (χ4v) is 1.91. The Morgan fingerprint density at radius 2 is 2.09 bits per heavy atom. The van der Waals surface area contributed by atoms with E-state index in [4.69, 9.17) is 10.00 Å². The van der Waals surface area contributed by atoms with Gasteiger partial charge in [0.1, 0.15) is 25.5 Å². The minimum atomic E-state index is -0.499. The number of para-hydroxylation sites is 1. The van der Waals surface area contributed by atoms with Crippen molar-refractivity contribution in [2.45, 2.75) is 13.5 Å². The van der Waals surface area contributed by atoms with Crippen LogP contribution in [0.15, 0.2) is 36.7 Å². The second kappa shape index (κ2) is 7.70. The third kappa shape index (κ3) is 4.38. The maximum absolute atomic E-state index is 12.5. The maximum Gasteiger partial charge on any atom is 0.326 e.